The average molecular weight is 354 g/mol. The molecule has 3 rings (SSSR count). The van der Waals surface area contributed by atoms with Crippen molar-refractivity contribution in [2.24, 2.45) is 0 Å². The highest BCUT2D eigenvalue weighted by atomic mass is 19.1. The third-order valence-electron chi connectivity index (χ3n) is 4.68. The standard InChI is InChI=1S/C21H23FN2O2/c1-4-24(13-15-5-8-17(26-3)9-6-15)21(25)12-18-14(2)23-20-10-7-16(22)11-19(18)20/h5-11,23H,4,12-13H2,1-3H3. The zero-order valence-corrected chi connectivity index (χ0v) is 15.3. The van der Waals surface area contributed by atoms with Gasteiger partial charge in [-0.3, -0.25) is 4.79 Å². The molecule has 1 heterocycles. The van der Waals surface area contributed by atoms with Crippen LogP contribution in [0.4, 0.5) is 4.39 Å². The Morgan fingerprint density at radius 3 is 2.58 bits per heavy atom. The number of carbonyl (C=O) groups is 1. The summed E-state index contributed by atoms with van der Waals surface area (Å²) >= 11 is 0. The molecule has 0 radical (unpaired) electrons. The van der Waals surface area contributed by atoms with Gasteiger partial charge < -0.3 is 14.6 Å². The molecule has 0 fully saturated rings. The second-order valence-corrected chi connectivity index (χ2v) is 6.35. The lowest BCUT2D eigenvalue weighted by Crippen LogP contribution is -2.31. The first-order valence-electron chi connectivity index (χ1n) is 8.69. The van der Waals surface area contributed by atoms with Crippen LogP contribution in [0.5, 0.6) is 5.75 Å². The van der Waals surface area contributed by atoms with E-state index in [1.54, 1.807) is 18.1 Å². The molecule has 1 aromatic heterocycles. The number of carbonyl (C=O) groups excluding carboxylic acids is 1. The van der Waals surface area contributed by atoms with E-state index in [0.29, 0.717) is 13.1 Å². The highest BCUT2D eigenvalue weighted by molar-refractivity contribution is 5.90. The largest absolute Gasteiger partial charge is 0.497 e. The maximum atomic E-state index is 13.6. The monoisotopic (exact) mass is 354 g/mol. The number of rotatable bonds is 6. The summed E-state index contributed by atoms with van der Waals surface area (Å²) in [6, 6.07) is 12.3. The molecule has 4 nitrogen and oxygen atoms in total. The number of nitrogens with zero attached hydrogens (tertiary/aromatic N) is 1. The number of aryl methyl sites for hydroxylation is 1. The number of benzene rings is 2. The molecule has 1 amide bonds. The first kappa shape index (κ1) is 18.0. The third kappa shape index (κ3) is 3.72. The smallest absolute Gasteiger partial charge is 0.227 e. The summed E-state index contributed by atoms with van der Waals surface area (Å²) in [7, 11) is 1.63. The van der Waals surface area contributed by atoms with E-state index in [0.717, 1.165) is 33.5 Å². The van der Waals surface area contributed by atoms with Gasteiger partial charge in [0.25, 0.3) is 0 Å². The number of nitrogens with one attached hydrogen (secondary N) is 1. The number of methoxy groups -OCH3 is 1. The lowest BCUT2D eigenvalue weighted by atomic mass is 10.1. The van der Waals surface area contributed by atoms with Gasteiger partial charge in [0.05, 0.1) is 13.5 Å². The molecule has 0 unspecified atom stereocenters. The lowest BCUT2D eigenvalue weighted by Gasteiger charge is -2.21. The van der Waals surface area contributed by atoms with Crippen molar-refractivity contribution in [1.82, 2.24) is 9.88 Å². The van der Waals surface area contributed by atoms with E-state index in [-0.39, 0.29) is 18.1 Å². The summed E-state index contributed by atoms with van der Waals surface area (Å²) in [4.78, 5) is 17.9. The molecule has 5 heteroatoms. The number of aromatic nitrogens is 1. The van der Waals surface area contributed by atoms with E-state index in [1.165, 1.54) is 12.1 Å². The molecule has 3 aromatic rings. The van der Waals surface area contributed by atoms with Crippen LogP contribution >= 0.6 is 0 Å². The molecule has 136 valence electrons. The van der Waals surface area contributed by atoms with Gasteiger partial charge in [-0.1, -0.05) is 12.1 Å². The van der Waals surface area contributed by atoms with Crippen LogP contribution in [0.1, 0.15) is 23.7 Å². The number of H-pyrrole nitrogens is 1. The number of ether oxygens (including phenoxy) is 1. The molecule has 0 aliphatic heterocycles. The molecule has 0 saturated carbocycles. The summed E-state index contributed by atoms with van der Waals surface area (Å²) in [6.07, 6.45) is 0.249. The number of hydrogen-bond donors (Lipinski definition) is 1. The molecule has 2 aromatic carbocycles. The first-order chi connectivity index (χ1) is 12.5. The maximum Gasteiger partial charge on any atom is 0.227 e. The zero-order chi connectivity index (χ0) is 18.7. The van der Waals surface area contributed by atoms with E-state index in [4.69, 9.17) is 4.74 Å². The quantitative estimate of drug-likeness (QED) is 0.720. The van der Waals surface area contributed by atoms with Gasteiger partial charge in [-0.2, -0.15) is 0 Å². The molecule has 0 aliphatic rings. The topological polar surface area (TPSA) is 45.3 Å². The first-order valence-corrected chi connectivity index (χ1v) is 8.69. The zero-order valence-electron chi connectivity index (χ0n) is 15.3. The van der Waals surface area contributed by atoms with Gasteiger partial charge in [0.1, 0.15) is 11.6 Å². The number of fused-ring (bicyclic) bond motifs is 1. The number of aromatic amines is 1. The Kier molecular flexibility index (Phi) is 5.26. The van der Waals surface area contributed by atoms with Crippen molar-refractivity contribution in [3.8, 4) is 5.75 Å². The Hall–Kier alpha value is -2.82. The van der Waals surface area contributed by atoms with Crippen molar-refractivity contribution in [2.75, 3.05) is 13.7 Å². The number of hydrogen-bond acceptors (Lipinski definition) is 2. The normalized spacial score (nSPS) is 10.9. The summed E-state index contributed by atoms with van der Waals surface area (Å²) in [5, 5.41) is 0.774. The molecular weight excluding hydrogens is 331 g/mol. The van der Waals surface area contributed by atoms with Gasteiger partial charge in [0.2, 0.25) is 5.91 Å². The molecule has 0 bridgehead atoms. The van der Waals surface area contributed by atoms with E-state index in [1.807, 2.05) is 38.1 Å². The molecule has 1 N–H and O–H groups in total. The van der Waals surface area contributed by atoms with Gasteiger partial charge in [-0.25, -0.2) is 4.39 Å². The van der Waals surface area contributed by atoms with Crippen molar-refractivity contribution in [1.29, 1.82) is 0 Å². The predicted molar refractivity (Wildman–Crippen MR) is 101 cm³/mol. The van der Waals surface area contributed by atoms with Crippen LogP contribution in [0.25, 0.3) is 10.9 Å². The van der Waals surface area contributed by atoms with Gasteiger partial charge in [-0.15, -0.1) is 0 Å². The minimum Gasteiger partial charge on any atom is -0.497 e. The Morgan fingerprint density at radius 1 is 1.19 bits per heavy atom. The van der Waals surface area contributed by atoms with Crippen LogP contribution in [-0.4, -0.2) is 29.4 Å². The summed E-state index contributed by atoms with van der Waals surface area (Å²) in [5.41, 5.74) is 3.66. The van der Waals surface area contributed by atoms with Gasteiger partial charge in [0, 0.05) is 29.7 Å². The van der Waals surface area contributed by atoms with Crippen LogP contribution in [0.2, 0.25) is 0 Å². The second kappa shape index (κ2) is 7.60. The van der Waals surface area contributed by atoms with Gasteiger partial charge >= 0.3 is 0 Å². The minimum atomic E-state index is -0.296. The second-order valence-electron chi connectivity index (χ2n) is 6.35. The lowest BCUT2D eigenvalue weighted by molar-refractivity contribution is -0.130. The minimum absolute atomic E-state index is 0.0246. The summed E-state index contributed by atoms with van der Waals surface area (Å²) < 4.78 is 18.8. The Balaban J connectivity index is 1.79. The average Bonchev–Trinajstić information content (AvgIpc) is 2.95. The number of likely N-dealkylation sites (N-methyl/N-ethyl adjacent to an activating group) is 1. The van der Waals surface area contributed by atoms with E-state index in [2.05, 4.69) is 4.98 Å². The molecule has 0 aliphatic carbocycles. The highest BCUT2D eigenvalue weighted by Crippen LogP contribution is 2.24. The highest BCUT2D eigenvalue weighted by Gasteiger charge is 2.17. The Labute approximate surface area is 152 Å². The van der Waals surface area contributed by atoms with E-state index >= 15 is 0 Å². The van der Waals surface area contributed by atoms with Crippen LogP contribution < -0.4 is 4.74 Å². The van der Waals surface area contributed by atoms with Crippen molar-refractivity contribution in [3.05, 3.63) is 65.1 Å². The molecule has 0 atom stereocenters. The van der Waals surface area contributed by atoms with Crippen molar-refractivity contribution >= 4 is 16.8 Å². The fraction of sp³-hybridized carbons (Fsp3) is 0.286. The fourth-order valence-electron chi connectivity index (χ4n) is 3.17. The molecule has 0 spiro atoms. The summed E-state index contributed by atoms with van der Waals surface area (Å²) in [5.74, 6) is 0.520. The van der Waals surface area contributed by atoms with Gasteiger partial charge in [-0.05, 0) is 55.3 Å². The van der Waals surface area contributed by atoms with Crippen LogP contribution in [0.3, 0.4) is 0 Å². The van der Waals surface area contributed by atoms with Gasteiger partial charge in [0.15, 0.2) is 0 Å². The Bertz CT molecular complexity index is 916. The summed E-state index contributed by atoms with van der Waals surface area (Å²) in [6.45, 7) is 5.03. The SMILES string of the molecule is CCN(Cc1ccc(OC)cc1)C(=O)Cc1c(C)[nH]c2ccc(F)cc12. The van der Waals surface area contributed by atoms with Crippen molar-refractivity contribution < 1.29 is 13.9 Å². The van der Waals surface area contributed by atoms with Crippen LogP contribution in [0, 0.1) is 12.7 Å². The van der Waals surface area contributed by atoms with Crippen LogP contribution in [-0.2, 0) is 17.8 Å². The molecule has 26 heavy (non-hydrogen) atoms. The van der Waals surface area contributed by atoms with E-state index < -0.39 is 0 Å². The number of amides is 1. The maximum absolute atomic E-state index is 13.6. The van der Waals surface area contributed by atoms with Crippen LogP contribution in [0.15, 0.2) is 42.5 Å². The number of halogens is 1. The fourth-order valence-corrected chi connectivity index (χ4v) is 3.17. The third-order valence-corrected chi connectivity index (χ3v) is 4.68. The Morgan fingerprint density at radius 2 is 1.92 bits per heavy atom. The molecule has 0 saturated heterocycles. The molecular formula is C21H23FN2O2. The predicted octanol–water partition coefficient (Wildman–Crippen LogP) is 4.22. The van der Waals surface area contributed by atoms with Crippen molar-refractivity contribution in [2.45, 2.75) is 26.8 Å². The van der Waals surface area contributed by atoms with E-state index in [9.17, 15) is 9.18 Å². The van der Waals surface area contributed by atoms with Crippen molar-refractivity contribution in [3.63, 3.8) is 0 Å².